The topological polar surface area (TPSA) is 34.2 Å². The van der Waals surface area contributed by atoms with Crippen LogP contribution in [0.3, 0.4) is 0 Å². The van der Waals surface area contributed by atoms with Gasteiger partial charge in [-0.1, -0.05) is 11.6 Å². The lowest BCUT2D eigenvalue weighted by Crippen LogP contribution is -2.24. The summed E-state index contributed by atoms with van der Waals surface area (Å²) in [6, 6.07) is 1.14. The van der Waals surface area contributed by atoms with Crippen molar-refractivity contribution < 1.29 is 17.9 Å². The van der Waals surface area contributed by atoms with Crippen molar-refractivity contribution in [2.75, 3.05) is 25.1 Å². The minimum atomic E-state index is -4.51. The first-order chi connectivity index (χ1) is 8.98. The Balaban J connectivity index is 2.09. The number of ether oxygens (including phenoxy) is 1. The van der Waals surface area contributed by atoms with E-state index in [0.29, 0.717) is 25.7 Å². The third-order valence-corrected chi connectivity index (χ3v) is 3.40. The minimum Gasteiger partial charge on any atom is -0.381 e. The SMILES string of the molecule is FC(F)(F)c1c(Cl)ccnc1NCC1CCOCC1. The summed E-state index contributed by atoms with van der Waals surface area (Å²) in [6.45, 7) is 1.75. The van der Waals surface area contributed by atoms with Crippen LogP contribution in [0, 0.1) is 5.92 Å². The Morgan fingerprint density at radius 2 is 2.05 bits per heavy atom. The van der Waals surface area contributed by atoms with Gasteiger partial charge in [-0.05, 0) is 24.8 Å². The Hall–Kier alpha value is -1.01. The van der Waals surface area contributed by atoms with Gasteiger partial charge in [0.05, 0.1) is 5.02 Å². The fraction of sp³-hybridized carbons (Fsp3) is 0.583. The highest BCUT2D eigenvalue weighted by Crippen LogP contribution is 2.38. The van der Waals surface area contributed by atoms with Crippen LogP contribution in [0.25, 0.3) is 0 Å². The summed E-state index contributed by atoms with van der Waals surface area (Å²) in [7, 11) is 0. The molecule has 0 saturated carbocycles. The molecule has 2 rings (SSSR count). The summed E-state index contributed by atoms with van der Waals surface area (Å²) >= 11 is 5.62. The number of pyridine rings is 1. The zero-order chi connectivity index (χ0) is 13.9. The first kappa shape index (κ1) is 14.4. The fourth-order valence-corrected chi connectivity index (χ4v) is 2.29. The Morgan fingerprint density at radius 3 is 2.68 bits per heavy atom. The molecule has 3 nitrogen and oxygen atoms in total. The molecule has 0 spiro atoms. The molecule has 1 saturated heterocycles. The van der Waals surface area contributed by atoms with E-state index in [1.54, 1.807) is 0 Å². The first-order valence-electron chi connectivity index (χ1n) is 6.02. The largest absolute Gasteiger partial charge is 0.421 e. The molecule has 0 radical (unpaired) electrons. The summed E-state index contributed by atoms with van der Waals surface area (Å²) < 4.78 is 43.9. The molecule has 1 aromatic rings. The molecule has 0 bridgehead atoms. The lowest BCUT2D eigenvalue weighted by molar-refractivity contribution is -0.137. The quantitative estimate of drug-likeness (QED) is 0.925. The van der Waals surface area contributed by atoms with Crippen LogP contribution in [0.2, 0.25) is 5.02 Å². The van der Waals surface area contributed by atoms with E-state index in [1.165, 1.54) is 6.20 Å². The van der Waals surface area contributed by atoms with Crippen molar-refractivity contribution in [1.29, 1.82) is 0 Å². The molecule has 0 aromatic carbocycles. The summed E-state index contributed by atoms with van der Waals surface area (Å²) in [6.07, 6.45) is -1.56. The van der Waals surface area contributed by atoms with Crippen molar-refractivity contribution in [1.82, 2.24) is 4.98 Å². The van der Waals surface area contributed by atoms with E-state index in [4.69, 9.17) is 16.3 Å². The molecule has 106 valence electrons. The predicted molar refractivity (Wildman–Crippen MR) is 66.3 cm³/mol. The molecule has 2 heterocycles. The number of aromatic nitrogens is 1. The van der Waals surface area contributed by atoms with Crippen LogP contribution >= 0.6 is 11.6 Å². The Labute approximate surface area is 114 Å². The lowest BCUT2D eigenvalue weighted by atomic mass is 10.0. The number of alkyl halides is 3. The number of rotatable bonds is 3. The molecule has 1 fully saturated rings. The standard InChI is InChI=1S/C12H14ClF3N2O/c13-9-1-4-17-11(10(9)12(14,15)16)18-7-8-2-5-19-6-3-8/h1,4,8H,2-3,5-7H2,(H,17,18). The van der Waals surface area contributed by atoms with E-state index in [0.717, 1.165) is 18.9 Å². The van der Waals surface area contributed by atoms with Crippen LogP contribution in [0.4, 0.5) is 19.0 Å². The Morgan fingerprint density at radius 1 is 1.37 bits per heavy atom. The minimum absolute atomic E-state index is 0.202. The number of nitrogens with zero attached hydrogens (tertiary/aromatic N) is 1. The predicted octanol–water partition coefficient (Wildman–Crippen LogP) is 3.59. The average molecular weight is 295 g/mol. The van der Waals surface area contributed by atoms with Gasteiger partial charge in [0, 0.05) is 26.0 Å². The molecular weight excluding hydrogens is 281 g/mol. The number of nitrogens with one attached hydrogen (secondary N) is 1. The molecule has 0 atom stereocenters. The van der Waals surface area contributed by atoms with Crippen molar-refractivity contribution in [3.63, 3.8) is 0 Å². The zero-order valence-corrected chi connectivity index (χ0v) is 10.9. The van der Waals surface area contributed by atoms with Gasteiger partial charge >= 0.3 is 6.18 Å². The highest BCUT2D eigenvalue weighted by Gasteiger charge is 2.37. The van der Waals surface area contributed by atoms with Gasteiger partial charge in [0.2, 0.25) is 0 Å². The monoisotopic (exact) mass is 294 g/mol. The highest BCUT2D eigenvalue weighted by molar-refractivity contribution is 6.31. The fourth-order valence-electron chi connectivity index (χ4n) is 2.03. The van der Waals surface area contributed by atoms with Gasteiger partial charge < -0.3 is 10.1 Å². The number of anilines is 1. The summed E-state index contributed by atoms with van der Waals surface area (Å²) in [5, 5.41) is 2.42. The van der Waals surface area contributed by atoms with Gasteiger partial charge in [0.25, 0.3) is 0 Å². The molecule has 0 amide bonds. The second-order valence-corrected chi connectivity index (χ2v) is 4.86. The molecule has 1 aliphatic heterocycles. The smallest absolute Gasteiger partial charge is 0.381 e. The maximum atomic E-state index is 12.9. The molecule has 1 aliphatic rings. The van der Waals surface area contributed by atoms with Crippen LogP contribution in [-0.2, 0) is 10.9 Å². The van der Waals surface area contributed by atoms with Crippen LogP contribution in [-0.4, -0.2) is 24.7 Å². The van der Waals surface area contributed by atoms with Crippen LogP contribution in [0.15, 0.2) is 12.3 Å². The molecule has 7 heteroatoms. The second-order valence-electron chi connectivity index (χ2n) is 4.45. The zero-order valence-electron chi connectivity index (χ0n) is 10.1. The van der Waals surface area contributed by atoms with E-state index in [-0.39, 0.29) is 10.8 Å². The molecule has 1 aromatic heterocycles. The summed E-state index contributed by atoms with van der Waals surface area (Å²) in [5.74, 6) is 0.0992. The van der Waals surface area contributed by atoms with Crippen molar-refractivity contribution in [2.45, 2.75) is 19.0 Å². The highest BCUT2D eigenvalue weighted by atomic mass is 35.5. The Kier molecular flexibility index (Phi) is 4.52. The molecule has 0 unspecified atom stereocenters. The van der Waals surface area contributed by atoms with Gasteiger partial charge in [0.15, 0.2) is 0 Å². The van der Waals surface area contributed by atoms with Crippen LogP contribution < -0.4 is 5.32 Å². The number of hydrogen-bond acceptors (Lipinski definition) is 3. The van der Waals surface area contributed by atoms with Gasteiger partial charge in [0.1, 0.15) is 11.4 Å². The van der Waals surface area contributed by atoms with Crippen LogP contribution in [0.5, 0.6) is 0 Å². The number of hydrogen-bond donors (Lipinski definition) is 1. The van der Waals surface area contributed by atoms with Gasteiger partial charge in [-0.2, -0.15) is 13.2 Å². The van der Waals surface area contributed by atoms with Crippen molar-refractivity contribution in [3.05, 3.63) is 22.8 Å². The van der Waals surface area contributed by atoms with Gasteiger partial charge in [-0.25, -0.2) is 4.98 Å². The van der Waals surface area contributed by atoms with E-state index >= 15 is 0 Å². The molecule has 1 N–H and O–H groups in total. The first-order valence-corrected chi connectivity index (χ1v) is 6.39. The van der Waals surface area contributed by atoms with E-state index in [1.807, 2.05) is 0 Å². The van der Waals surface area contributed by atoms with Crippen molar-refractivity contribution in [3.8, 4) is 0 Å². The Bertz CT molecular complexity index is 433. The maximum absolute atomic E-state index is 12.9. The molecule has 19 heavy (non-hydrogen) atoms. The molecule has 0 aliphatic carbocycles. The lowest BCUT2D eigenvalue weighted by Gasteiger charge is -2.23. The van der Waals surface area contributed by atoms with E-state index in [9.17, 15) is 13.2 Å². The van der Waals surface area contributed by atoms with Crippen molar-refractivity contribution in [2.24, 2.45) is 5.92 Å². The van der Waals surface area contributed by atoms with E-state index in [2.05, 4.69) is 10.3 Å². The summed E-state index contributed by atoms with van der Waals surface area (Å²) in [4.78, 5) is 3.74. The molecular formula is C12H14ClF3N2O. The van der Waals surface area contributed by atoms with Gasteiger partial charge in [-0.15, -0.1) is 0 Å². The van der Waals surface area contributed by atoms with E-state index < -0.39 is 11.7 Å². The maximum Gasteiger partial charge on any atom is 0.421 e. The van der Waals surface area contributed by atoms with Gasteiger partial charge in [-0.3, -0.25) is 0 Å². The normalized spacial score (nSPS) is 17.5. The third-order valence-electron chi connectivity index (χ3n) is 3.08. The third kappa shape index (κ3) is 3.73. The van der Waals surface area contributed by atoms with Crippen molar-refractivity contribution >= 4 is 17.4 Å². The number of halogens is 4. The average Bonchev–Trinajstić information content (AvgIpc) is 2.36. The summed E-state index contributed by atoms with van der Waals surface area (Å²) in [5.41, 5.74) is -0.899. The second kappa shape index (κ2) is 5.96. The van der Waals surface area contributed by atoms with Crippen LogP contribution in [0.1, 0.15) is 18.4 Å².